The molecule has 0 saturated carbocycles. The minimum absolute atomic E-state index is 0.0367. The van der Waals surface area contributed by atoms with Gasteiger partial charge in [0.15, 0.2) is 4.34 Å². The van der Waals surface area contributed by atoms with E-state index >= 15 is 0 Å². The Kier molecular flexibility index (Phi) is 7.35. The predicted octanol–water partition coefficient (Wildman–Crippen LogP) is 2.75. The van der Waals surface area contributed by atoms with E-state index in [-0.39, 0.29) is 17.0 Å². The van der Waals surface area contributed by atoms with Crippen molar-refractivity contribution in [3.63, 3.8) is 0 Å². The lowest BCUT2D eigenvalue weighted by Gasteiger charge is -2.07. The van der Waals surface area contributed by atoms with Crippen LogP contribution in [0.1, 0.15) is 10.4 Å². The predicted molar refractivity (Wildman–Crippen MR) is 116 cm³/mol. The van der Waals surface area contributed by atoms with Gasteiger partial charge in [-0.25, -0.2) is 0 Å². The number of hydrogen-bond acceptors (Lipinski definition) is 10. The number of ether oxygens (including phenoxy) is 1. The second kappa shape index (κ2) is 10.4. The van der Waals surface area contributed by atoms with E-state index in [0.29, 0.717) is 15.2 Å². The molecule has 160 valence electrons. The zero-order valence-electron chi connectivity index (χ0n) is 16.0. The first kappa shape index (κ1) is 22.0. The molecule has 31 heavy (non-hydrogen) atoms. The fourth-order valence-electron chi connectivity index (χ4n) is 2.32. The summed E-state index contributed by atoms with van der Waals surface area (Å²) in [5.74, 6) is -0.630. The number of methoxy groups -OCH3 is 1. The van der Waals surface area contributed by atoms with Gasteiger partial charge in [0.1, 0.15) is 11.3 Å². The number of carbonyl (C=O) groups excluding carboxylic acids is 2. The first-order chi connectivity index (χ1) is 15.0. The van der Waals surface area contributed by atoms with E-state index in [1.807, 2.05) is 18.2 Å². The molecule has 1 aromatic heterocycles. The second-order valence-corrected chi connectivity index (χ2v) is 8.00. The molecule has 11 nitrogen and oxygen atoms in total. The SMILES string of the molecule is COc1cccc(Nc2nnc(SCC(=O)NNC(=O)c3ccccc3[N+](=O)[O-])s2)c1. The second-order valence-electron chi connectivity index (χ2n) is 5.80. The number of anilines is 2. The summed E-state index contributed by atoms with van der Waals surface area (Å²) in [4.78, 5) is 34.4. The van der Waals surface area contributed by atoms with Gasteiger partial charge in [0.2, 0.25) is 11.0 Å². The minimum atomic E-state index is -0.786. The highest BCUT2D eigenvalue weighted by Gasteiger charge is 2.19. The summed E-state index contributed by atoms with van der Waals surface area (Å²) in [5.41, 5.74) is 4.66. The van der Waals surface area contributed by atoms with Crippen LogP contribution in [0.4, 0.5) is 16.5 Å². The van der Waals surface area contributed by atoms with Crippen LogP contribution in [0, 0.1) is 10.1 Å². The molecule has 0 aliphatic carbocycles. The van der Waals surface area contributed by atoms with Crippen molar-refractivity contribution in [2.75, 3.05) is 18.2 Å². The zero-order valence-corrected chi connectivity index (χ0v) is 17.7. The summed E-state index contributed by atoms with van der Waals surface area (Å²) in [7, 11) is 1.58. The molecule has 0 aliphatic rings. The Morgan fingerprint density at radius 3 is 2.74 bits per heavy atom. The fraction of sp³-hybridized carbons (Fsp3) is 0.111. The number of hydrogen-bond donors (Lipinski definition) is 3. The molecule has 3 rings (SSSR count). The largest absolute Gasteiger partial charge is 0.497 e. The first-order valence-corrected chi connectivity index (χ1v) is 10.5. The Labute approximate surface area is 184 Å². The summed E-state index contributed by atoms with van der Waals surface area (Å²) in [6.07, 6.45) is 0. The number of nitro groups is 1. The first-order valence-electron chi connectivity index (χ1n) is 8.66. The van der Waals surface area contributed by atoms with Gasteiger partial charge in [-0.15, -0.1) is 10.2 Å². The van der Waals surface area contributed by atoms with Gasteiger partial charge in [-0.05, 0) is 18.2 Å². The maximum absolute atomic E-state index is 12.1. The van der Waals surface area contributed by atoms with Crippen molar-refractivity contribution in [3.8, 4) is 5.75 Å². The Morgan fingerprint density at radius 2 is 1.97 bits per heavy atom. The highest BCUT2D eigenvalue weighted by molar-refractivity contribution is 8.01. The van der Waals surface area contributed by atoms with Crippen molar-refractivity contribution in [2.24, 2.45) is 0 Å². The molecular formula is C18H16N6O5S2. The van der Waals surface area contributed by atoms with Gasteiger partial charge >= 0.3 is 0 Å². The third-order valence-corrected chi connectivity index (χ3v) is 5.69. The smallest absolute Gasteiger partial charge is 0.282 e. The third-order valence-electron chi connectivity index (χ3n) is 3.72. The number of nitrogens with zero attached hydrogens (tertiary/aromatic N) is 3. The summed E-state index contributed by atoms with van der Waals surface area (Å²) in [6.45, 7) is 0. The summed E-state index contributed by atoms with van der Waals surface area (Å²) >= 11 is 2.39. The molecule has 1 heterocycles. The molecule has 0 atom stereocenters. The number of hydrazine groups is 1. The summed E-state index contributed by atoms with van der Waals surface area (Å²) < 4.78 is 5.71. The Balaban J connectivity index is 1.48. The van der Waals surface area contributed by atoms with Crippen molar-refractivity contribution >= 4 is 51.4 Å². The van der Waals surface area contributed by atoms with Gasteiger partial charge in [0, 0.05) is 17.8 Å². The van der Waals surface area contributed by atoms with E-state index in [4.69, 9.17) is 4.74 Å². The van der Waals surface area contributed by atoms with E-state index < -0.39 is 16.7 Å². The molecule has 0 unspecified atom stereocenters. The van der Waals surface area contributed by atoms with Crippen LogP contribution in [0.15, 0.2) is 52.9 Å². The highest BCUT2D eigenvalue weighted by atomic mass is 32.2. The highest BCUT2D eigenvalue weighted by Crippen LogP contribution is 2.28. The van der Waals surface area contributed by atoms with Gasteiger partial charge in [-0.3, -0.25) is 30.6 Å². The van der Waals surface area contributed by atoms with E-state index in [9.17, 15) is 19.7 Å². The van der Waals surface area contributed by atoms with Crippen molar-refractivity contribution in [2.45, 2.75) is 4.34 Å². The normalized spacial score (nSPS) is 10.2. The molecule has 0 bridgehead atoms. The molecule has 0 radical (unpaired) electrons. The number of carbonyl (C=O) groups is 2. The van der Waals surface area contributed by atoms with Crippen molar-refractivity contribution in [1.82, 2.24) is 21.0 Å². The Bertz CT molecular complexity index is 1110. The van der Waals surface area contributed by atoms with E-state index in [2.05, 4.69) is 26.4 Å². The lowest BCUT2D eigenvalue weighted by Crippen LogP contribution is -2.42. The zero-order chi connectivity index (χ0) is 22.2. The maximum Gasteiger partial charge on any atom is 0.282 e. The standard InChI is InChI=1S/C18H16N6O5S2/c1-29-12-6-4-5-11(9-12)19-17-22-23-18(31-17)30-10-15(25)20-21-16(26)13-7-2-3-8-14(13)24(27)28/h2-9H,10H2,1H3,(H,19,22)(H,20,25)(H,21,26). The topological polar surface area (TPSA) is 148 Å². The van der Waals surface area contributed by atoms with Gasteiger partial charge in [0.05, 0.1) is 17.8 Å². The average Bonchev–Trinajstić information content (AvgIpc) is 3.23. The van der Waals surface area contributed by atoms with Crippen LogP contribution in [0.5, 0.6) is 5.75 Å². The van der Waals surface area contributed by atoms with Crippen LogP contribution < -0.4 is 20.9 Å². The average molecular weight is 460 g/mol. The van der Waals surface area contributed by atoms with Crippen molar-refractivity contribution in [3.05, 3.63) is 64.2 Å². The molecule has 0 saturated heterocycles. The monoisotopic (exact) mass is 460 g/mol. The summed E-state index contributed by atoms with van der Waals surface area (Å²) in [5, 5.41) is 22.6. The molecule has 0 aliphatic heterocycles. The maximum atomic E-state index is 12.1. The van der Waals surface area contributed by atoms with Crippen LogP contribution in [0.25, 0.3) is 0 Å². The number of rotatable bonds is 8. The van der Waals surface area contributed by atoms with Gasteiger partial charge < -0.3 is 10.1 Å². The molecule has 0 fully saturated rings. The number of benzene rings is 2. The number of para-hydroxylation sites is 1. The quantitative estimate of drug-likeness (QED) is 0.262. The van der Waals surface area contributed by atoms with Gasteiger partial charge in [-0.1, -0.05) is 41.3 Å². The fourth-order valence-corrected chi connectivity index (χ4v) is 3.90. The molecule has 3 N–H and O–H groups in total. The van der Waals surface area contributed by atoms with E-state index in [1.165, 1.54) is 35.6 Å². The van der Waals surface area contributed by atoms with Crippen molar-refractivity contribution < 1.29 is 19.2 Å². The van der Waals surface area contributed by atoms with Crippen molar-refractivity contribution in [1.29, 1.82) is 0 Å². The van der Waals surface area contributed by atoms with Crippen LogP contribution in [0.3, 0.4) is 0 Å². The number of nitro benzene ring substituents is 1. The van der Waals surface area contributed by atoms with Crippen LogP contribution >= 0.6 is 23.1 Å². The number of thioether (sulfide) groups is 1. The lowest BCUT2D eigenvalue weighted by atomic mass is 10.2. The van der Waals surface area contributed by atoms with Crippen LogP contribution in [0.2, 0.25) is 0 Å². The molecule has 13 heteroatoms. The lowest BCUT2D eigenvalue weighted by molar-refractivity contribution is -0.385. The Morgan fingerprint density at radius 1 is 1.16 bits per heavy atom. The van der Waals surface area contributed by atoms with Gasteiger partial charge in [0.25, 0.3) is 11.6 Å². The van der Waals surface area contributed by atoms with Crippen LogP contribution in [-0.4, -0.2) is 39.8 Å². The van der Waals surface area contributed by atoms with Crippen LogP contribution in [-0.2, 0) is 4.79 Å². The van der Waals surface area contributed by atoms with E-state index in [1.54, 1.807) is 13.2 Å². The van der Waals surface area contributed by atoms with Gasteiger partial charge in [-0.2, -0.15) is 0 Å². The Hall–Kier alpha value is -3.71. The van der Waals surface area contributed by atoms with E-state index in [0.717, 1.165) is 17.4 Å². The molecule has 2 amide bonds. The third kappa shape index (κ3) is 6.13. The molecule has 2 aromatic carbocycles. The number of aromatic nitrogens is 2. The number of amides is 2. The molecule has 3 aromatic rings. The summed E-state index contributed by atoms with van der Waals surface area (Å²) in [6, 6.07) is 12.8. The minimum Gasteiger partial charge on any atom is -0.497 e. The molecular weight excluding hydrogens is 444 g/mol. The number of nitrogens with one attached hydrogen (secondary N) is 3. The molecule has 0 spiro atoms.